The summed E-state index contributed by atoms with van der Waals surface area (Å²) in [4.78, 5) is 24.5. The standard InChI is InChI=1S/C20H26N4O4S/c1-6-20(4,5)23-29(27,28)15-11-14(8-7-12(15)2)18-13(3)22-24-17(26)10-9-16(25)21-19(18)24/h7-8,11,23H,6,9-10H2,1-5H3,(H,21,25). The van der Waals surface area contributed by atoms with Crippen molar-refractivity contribution in [2.24, 2.45) is 0 Å². The third-order valence-corrected chi connectivity index (χ3v) is 7.02. The van der Waals surface area contributed by atoms with Crippen LogP contribution in [0.25, 0.3) is 11.1 Å². The minimum absolute atomic E-state index is 0.0724. The van der Waals surface area contributed by atoms with Gasteiger partial charge >= 0.3 is 0 Å². The molecule has 0 radical (unpaired) electrons. The normalized spacial score (nSPS) is 15.1. The lowest BCUT2D eigenvalue weighted by Gasteiger charge is -2.25. The highest BCUT2D eigenvalue weighted by atomic mass is 32.2. The highest BCUT2D eigenvalue weighted by molar-refractivity contribution is 7.89. The Morgan fingerprint density at radius 3 is 2.55 bits per heavy atom. The summed E-state index contributed by atoms with van der Waals surface area (Å²) in [5.41, 5.74) is 1.65. The van der Waals surface area contributed by atoms with Gasteiger partial charge in [-0.25, -0.2) is 13.1 Å². The van der Waals surface area contributed by atoms with E-state index in [-0.39, 0.29) is 35.4 Å². The summed E-state index contributed by atoms with van der Waals surface area (Å²) in [5.74, 6) is -0.271. The number of benzene rings is 1. The average Bonchev–Trinajstić information content (AvgIpc) is 2.88. The minimum Gasteiger partial charge on any atom is -0.310 e. The number of anilines is 1. The van der Waals surface area contributed by atoms with Gasteiger partial charge in [0.25, 0.3) is 0 Å². The van der Waals surface area contributed by atoms with Crippen LogP contribution in [0.2, 0.25) is 0 Å². The first-order valence-corrected chi connectivity index (χ1v) is 11.0. The molecule has 1 aliphatic rings. The van der Waals surface area contributed by atoms with Gasteiger partial charge < -0.3 is 5.32 Å². The Balaban J connectivity index is 2.15. The number of amides is 1. The molecule has 0 aliphatic carbocycles. The van der Waals surface area contributed by atoms with Gasteiger partial charge in [0.2, 0.25) is 21.8 Å². The van der Waals surface area contributed by atoms with Crippen LogP contribution in [0.4, 0.5) is 5.82 Å². The molecule has 3 rings (SSSR count). The smallest absolute Gasteiger partial charge is 0.249 e. The maximum atomic E-state index is 13.0. The van der Waals surface area contributed by atoms with E-state index < -0.39 is 15.6 Å². The highest BCUT2D eigenvalue weighted by Gasteiger charge is 2.29. The number of sulfonamides is 1. The second-order valence-corrected chi connectivity index (χ2v) is 9.64. The molecule has 156 valence electrons. The SMILES string of the molecule is CCC(C)(C)NS(=O)(=O)c1cc(-c2c(C)nn3c2NC(=O)CCC3=O)ccc1C. The van der Waals surface area contributed by atoms with Crippen LogP contribution in [0.5, 0.6) is 0 Å². The number of fused-ring (bicyclic) bond motifs is 1. The Morgan fingerprint density at radius 2 is 1.90 bits per heavy atom. The topological polar surface area (TPSA) is 110 Å². The van der Waals surface area contributed by atoms with Crippen molar-refractivity contribution in [3.63, 3.8) is 0 Å². The Hall–Kier alpha value is -2.52. The Morgan fingerprint density at radius 1 is 1.21 bits per heavy atom. The van der Waals surface area contributed by atoms with Crippen LogP contribution < -0.4 is 10.0 Å². The van der Waals surface area contributed by atoms with Crippen LogP contribution >= 0.6 is 0 Å². The number of nitrogens with zero attached hydrogens (tertiary/aromatic N) is 2. The van der Waals surface area contributed by atoms with Crippen LogP contribution in [-0.2, 0) is 14.8 Å². The summed E-state index contributed by atoms with van der Waals surface area (Å²) in [6.45, 7) is 9.02. The summed E-state index contributed by atoms with van der Waals surface area (Å²) >= 11 is 0. The van der Waals surface area contributed by atoms with Gasteiger partial charge in [-0.3, -0.25) is 9.59 Å². The predicted molar refractivity (Wildman–Crippen MR) is 110 cm³/mol. The Kier molecular flexibility index (Phi) is 5.40. The molecule has 0 fully saturated rings. The van der Waals surface area contributed by atoms with Crippen molar-refractivity contribution in [1.29, 1.82) is 0 Å². The van der Waals surface area contributed by atoms with Crippen molar-refractivity contribution < 1.29 is 18.0 Å². The molecule has 1 aromatic heterocycles. The van der Waals surface area contributed by atoms with Crippen molar-refractivity contribution in [3.05, 3.63) is 29.5 Å². The molecule has 2 heterocycles. The minimum atomic E-state index is -3.77. The molecular formula is C20H26N4O4S. The van der Waals surface area contributed by atoms with E-state index in [4.69, 9.17) is 0 Å². The molecule has 9 heteroatoms. The largest absolute Gasteiger partial charge is 0.310 e. The number of hydrogen-bond donors (Lipinski definition) is 2. The van der Waals surface area contributed by atoms with E-state index in [9.17, 15) is 18.0 Å². The van der Waals surface area contributed by atoms with Crippen molar-refractivity contribution in [1.82, 2.24) is 14.5 Å². The molecule has 2 aromatic rings. The number of hydrogen-bond acceptors (Lipinski definition) is 5. The van der Waals surface area contributed by atoms with E-state index in [1.807, 2.05) is 20.8 Å². The molecule has 8 nitrogen and oxygen atoms in total. The highest BCUT2D eigenvalue weighted by Crippen LogP contribution is 2.35. The predicted octanol–water partition coefficient (Wildman–Crippen LogP) is 3.01. The summed E-state index contributed by atoms with van der Waals surface area (Å²) in [6.07, 6.45) is 0.794. The second kappa shape index (κ2) is 7.38. The van der Waals surface area contributed by atoms with Gasteiger partial charge in [-0.1, -0.05) is 19.1 Å². The summed E-state index contributed by atoms with van der Waals surface area (Å²) < 4.78 is 30.0. The third kappa shape index (κ3) is 4.11. The molecule has 1 aliphatic heterocycles. The fourth-order valence-corrected chi connectivity index (χ4v) is 4.98. The molecule has 0 spiro atoms. The zero-order chi connectivity index (χ0) is 21.6. The first kappa shape index (κ1) is 21.2. The van der Waals surface area contributed by atoms with E-state index in [1.54, 1.807) is 32.0 Å². The Bertz CT molecular complexity index is 1100. The lowest BCUT2D eigenvalue weighted by atomic mass is 10.0. The van der Waals surface area contributed by atoms with Gasteiger partial charge in [0.15, 0.2) is 0 Å². The van der Waals surface area contributed by atoms with Gasteiger partial charge in [0.1, 0.15) is 5.82 Å². The second-order valence-electron chi connectivity index (χ2n) is 7.99. The number of nitrogens with one attached hydrogen (secondary N) is 2. The van der Waals surface area contributed by atoms with Gasteiger partial charge in [-0.15, -0.1) is 0 Å². The van der Waals surface area contributed by atoms with E-state index in [0.717, 1.165) is 0 Å². The third-order valence-electron chi connectivity index (χ3n) is 5.18. The first-order chi connectivity index (χ1) is 13.4. The first-order valence-electron chi connectivity index (χ1n) is 9.53. The lowest BCUT2D eigenvalue weighted by molar-refractivity contribution is -0.116. The lowest BCUT2D eigenvalue weighted by Crippen LogP contribution is -2.42. The zero-order valence-electron chi connectivity index (χ0n) is 17.3. The van der Waals surface area contributed by atoms with Crippen LogP contribution in [0.15, 0.2) is 23.1 Å². The summed E-state index contributed by atoms with van der Waals surface area (Å²) in [6, 6.07) is 5.05. The number of carbonyl (C=O) groups excluding carboxylic acids is 2. The quantitative estimate of drug-likeness (QED) is 0.776. The molecule has 1 aromatic carbocycles. The molecule has 29 heavy (non-hydrogen) atoms. The number of aromatic nitrogens is 2. The van der Waals surface area contributed by atoms with E-state index in [2.05, 4.69) is 15.1 Å². The van der Waals surface area contributed by atoms with Crippen molar-refractivity contribution >= 4 is 27.7 Å². The van der Waals surface area contributed by atoms with Crippen molar-refractivity contribution in [2.45, 2.75) is 64.3 Å². The average molecular weight is 419 g/mol. The molecule has 0 bridgehead atoms. The fourth-order valence-electron chi connectivity index (χ4n) is 3.23. The van der Waals surface area contributed by atoms with Gasteiger partial charge in [-0.05, 0) is 51.3 Å². The van der Waals surface area contributed by atoms with Crippen LogP contribution in [0, 0.1) is 13.8 Å². The van der Waals surface area contributed by atoms with E-state index in [0.29, 0.717) is 28.8 Å². The van der Waals surface area contributed by atoms with E-state index in [1.165, 1.54) is 4.68 Å². The summed E-state index contributed by atoms with van der Waals surface area (Å²) in [5, 5.41) is 7.01. The van der Waals surface area contributed by atoms with Crippen molar-refractivity contribution in [3.8, 4) is 11.1 Å². The molecule has 0 saturated carbocycles. The van der Waals surface area contributed by atoms with Crippen LogP contribution in [0.1, 0.15) is 56.1 Å². The number of carbonyl (C=O) groups is 2. The molecule has 0 unspecified atom stereocenters. The monoisotopic (exact) mass is 418 g/mol. The number of aryl methyl sites for hydroxylation is 2. The van der Waals surface area contributed by atoms with Gasteiger partial charge in [0, 0.05) is 23.9 Å². The maximum absolute atomic E-state index is 13.0. The molecule has 0 saturated heterocycles. The van der Waals surface area contributed by atoms with Crippen molar-refractivity contribution in [2.75, 3.05) is 5.32 Å². The molecular weight excluding hydrogens is 392 g/mol. The van der Waals surface area contributed by atoms with Gasteiger partial charge in [0.05, 0.1) is 10.6 Å². The van der Waals surface area contributed by atoms with Crippen LogP contribution in [-0.4, -0.2) is 35.6 Å². The number of rotatable bonds is 5. The van der Waals surface area contributed by atoms with E-state index >= 15 is 0 Å². The zero-order valence-corrected chi connectivity index (χ0v) is 18.1. The maximum Gasteiger partial charge on any atom is 0.249 e. The van der Waals surface area contributed by atoms with Crippen LogP contribution in [0.3, 0.4) is 0 Å². The van der Waals surface area contributed by atoms with Gasteiger partial charge in [-0.2, -0.15) is 9.78 Å². The Labute approximate surface area is 170 Å². The molecule has 0 atom stereocenters. The molecule has 1 amide bonds. The molecule has 2 N–H and O–H groups in total. The fraction of sp³-hybridized carbons (Fsp3) is 0.450. The summed E-state index contributed by atoms with van der Waals surface area (Å²) in [7, 11) is -3.77.